The van der Waals surface area contributed by atoms with Crippen LogP contribution in [0.15, 0.2) is 12.1 Å². The van der Waals surface area contributed by atoms with Gasteiger partial charge in [0.2, 0.25) is 0 Å². The molecule has 20 heavy (non-hydrogen) atoms. The number of fused-ring (bicyclic) bond motifs is 1. The quantitative estimate of drug-likeness (QED) is 0.801. The van der Waals surface area contributed by atoms with E-state index in [2.05, 4.69) is 38.2 Å². The van der Waals surface area contributed by atoms with Crippen molar-refractivity contribution in [2.24, 2.45) is 17.8 Å². The Morgan fingerprint density at radius 2 is 1.90 bits per heavy atom. The normalized spacial score (nSPS) is 29.3. The highest BCUT2D eigenvalue weighted by Crippen LogP contribution is 2.62. The molecule has 3 rings (SSSR count). The molecule has 2 aliphatic carbocycles. The van der Waals surface area contributed by atoms with Gasteiger partial charge in [0.1, 0.15) is 0 Å². The maximum atomic E-state index is 6.27. The van der Waals surface area contributed by atoms with Crippen LogP contribution in [0.4, 0.5) is 0 Å². The number of aryl methyl sites for hydroxylation is 2. The monoisotopic (exact) mass is 291 g/mol. The van der Waals surface area contributed by atoms with Gasteiger partial charge in [-0.25, -0.2) is 0 Å². The lowest BCUT2D eigenvalue weighted by Crippen LogP contribution is -2.26. The zero-order valence-corrected chi connectivity index (χ0v) is 13.6. The van der Waals surface area contributed by atoms with Crippen molar-refractivity contribution in [2.75, 3.05) is 6.54 Å². The van der Waals surface area contributed by atoms with Crippen molar-refractivity contribution in [3.8, 4) is 0 Å². The molecule has 1 aromatic rings. The van der Waals surface area contributed by atoms with Crippen LogP contribution in [0.3, 0.4) is 0 Å². The van der Waals surface area contributed by atoms with E-state index < -0.39 is 0 Å². The zero-order chi connectivity index (χ0) is 14.3. The summed E-state index contributed by atoms with van der Waals surface area (Å²) in [4.78, 5) is 0. The van der Waals surface area contributed by atoms with E-state index >= 15 is 0 Å². The van der Waals surface area contributed by atoms with Crippen molar-refractivity contribution in [1.82, 2.24) is 5.32 Å². The Kier molecular flexibility index (Phi) is 4.10. The number of benzene rings is 1. The fraction of sp³-hybridized carbons (Fsp3) is 0.667. The van der Waals surface area contributed by atoms with Gasteiger partial charge in [-0.3, -0.25) is 0 Å². The minimum atomic E-state index is 0.543. The minimum absolute atomic E-state index is 0.543. The third-order valence-corrected chi connectivity index (χ3v) is 5.76. The first-order valence-corrected chi connectivity index (χ1v) is 8.51. The van der Waals surface area contributed by atoms with E-state index in [-0.39, 0.29) is 0 Å². The van der Waals surface area contributed by atoms with Gasteiger partial charge in [0.25, 0.3) is 0 Å². The van der Waals surface area contributed by atoms with Gasteiger partial charge in [0.05, 0.1) is 0 Å². The van der Waals surface area contributed by atoms with Gasteiger partial charge in [0.15, 0.2) is 0 Å². The second-order valence-corrected chi connectivity index (χ2v) is 7.13. The predicted molar refractivity (Wildman–Crippen MR) is 86.3 cm³/mol. The second-order valence-electron chi connectivity index (χ2n) is 6.73. The molecule has 3 unspecified atom stereocenters. The lowest BCUT2D eigenvalue weighted by Gasteiger charge is -2.24. The number of hydrogen-bond acceptors (Lipinski definition) is 1. The first-order valence-electron chi connectivity index (χ1n) is 8.13. The van der Waals surface area contributed by atoms with E-state index in [0.717, 1.165) is 29.3 Å². The Balaban J connectivity index is 1.87. The Morgan fingerprint density at radius 1 is 1.20 bits per heavy atom. The van der Waals surface area contributed by atoms with E-state index in [1.54, 1.807) is 0 Å². The maximum Gasteiger partial charge on any atom is 0.0438 e. The zero-order valence-electron chi connectivity index (χ0n) is 12.9. The highest BCUT2D eigenvalue weighted by Gasteiger charge is 2.56. The molecule has 0 radical (unpaired) electrons. The molecule has 1 aromatic carbocycles. The van der Waals surface area contributed by atoms with Gasteiger partial charge < -0.3 is 5.32 Å². The molecule has 110 valence electrons. The molecule has 0 spiro atoms. The molecule has 1 nitrogen and oxygen atoms in total. The summed E-state index contributed by atoms with van der Waals surface area (Å²) < 4.78 is 0. The van der Waals surface area contributed by atoms with Gasteiger partial charge in [-0.2, -0.15) is 0 Å². The van der Waals surface area contributed by atoms with Crippen LogP contribution in [0.2, 0.25) is 5.02 Å². The Bertz CT molecular complexity index is 486. The molecular formula is C18H26ClN. The van der Waals surface area contributed by atoms with Crippen LogP contribution in [-0.4, -0.2) is 6.54 Å². The minimum Gasteiger partial charge on any atom is -0.310 e. The van der Waals surface area contributed by atoms with Gasteiger partial charge in [-0.15, -0.1) is 0 Å². The third kappa shape index (κ3) is 2.51. The topological polar surface area (TPSA) is 12.0 Å². The molecule has 2 aliphatic rings. The van der Waals surface area contributed by atoms with E-state index in [1.807, 2.05) is 0 Å². The van der Waals surface area contributed by atoms with Crippen LogP contribution >= 0.6 is 11.6 Å². The molecule has 3 atom stereocenters. The molecule has 0 heterocycles. The van der Waals surface area contributed by atoms with Gasteiger partial charge in [-0.05, 0) is 80.2 Å². The van der Waals surface area contributed by atoms with Crippen molar-refractivity contribution in [3.63, 3.8) is 0 Å². The van der Waals surface area contributed by atoms with E-state index in [9.17, 15) is 0 Å². The molecule has 0 bridgehead atoms. The van der Waals surface area contributed by atoms with E-state index in [0.29, 0.717) is 6.04 Å². The van der Waals surface area contributed by atoms with E-state index in [1.165, 1.54) is 42.4 Å². The highest BCUT2D eigenvalue weighted by atomic mass is 35.5. The molecule has 2 heteroatoms. The first kappa shape index (κ1) is 14.4. The van der Waals surface area contributed by atoms with Crippen LogP contribution < -0.4 is 5.32 Å². The molecule has 0 aliphatic heterocycles. The second kappa shape index (κ2) is 5.69. The SMILES string of the molecule is CCCNC(c1cc(C)c(Cl)cc1C)C1C2CCCC21. The van der Waals surface area contributed by atoms with Gasteiger partial charge in [-0.1, -0.05) is 31.0 Å². The number of nitrogens with one attached hydrogen (secondary N) is 1. The van der Waals surface area contributed by atoms with Crippen LogP contribution in [0.1, 0.15) is 55.3 Å². The fourth-order valence-electron chi connectivity index (χ4n) is 4.26. The lowest BCUT2D eigenvalue weighted by atomic mass is 9.92. The number of hydrogen-bond donors (Lipinski definition) is 1. The summed E-state index contributed by atoms with van der Waals surface area (Å²) in [5, 5.41) is 4.72. The summed E-state index contributed by atoms with van der Waals surface area (Å²) in [6, 6.07) is 5.01. The Labute approximate surface area is 128 Å². The number of rotatable bonds is 5. The Morgan fingerprint density at radius 3 is 2.55 bits per heavy atom. The fourth-order valence-corrected chi connectivity index (χ4v) is 4.48. The summed E-state index contributed by atoms with van der Waals surface area (Å²) in [6.07, 6.45) is 5.55. The molecular weight excluding hydrogens is 266 g/mol. The maximum absolute atomic E-state index is 6.27. The van der Waals surface area contributed by atoms with Crippen molar-refractivity contribution < 1.29 is 0 Å². The summed E-state index contributed by atoms with van der Waals surface area (Å²) in [5.74, 6) is 2.84. The largest absolute Gasteiger partial charge is 0.310 e. The van der Waals surface area contributed by atoms with E-state index in [4.69, 9.17) is 11.6 Å². The Hall–Kier alpha value is -0.530. The summed E-state index contributed by atoms with van der Waals surface area (Å²) >= 11 is 6.27. The van der Waals surface area contributed by atoms with Crippen molar-refractivity contribution in [3.05, 3.63) is 33.8 Å². The molecule has 0 aromatic heterocycles. The standard InChI is InChI=1S/C18H26ClN/c1-4-8-20-18(17-13-6-5-7-14(13)17)15-9-12(3)16(19)10-11(15)2/h9-10,13-14,17-18,20H,4-8H2,1-3H3. The van der Waals surface area contributed by atoms with Crippen LogP contribution in [0, 0.1) is 31.6 Å². The summed E-state index contributed by atoms with van der Waals surface area (Å²) in [6.45, 7) is 7.69. The molecule has 0 saturated heterocycles. The predicted octanol–water partition coefficient (Wildman–Crippen LogP) is 5.04. The van der Waals surface area contributed by atoms with Crippen molar-refractivity contribution in [2.45, 2.75) is 52.5 Å². The average Bonchev–Trinajstić information content (AvgIpc) is 2.88. The molecule has 2 fully saturated rings. The summed E-state index contributed by atoms with van der Waals surface area (Å²) in [7, 11) is 0. The lowest BCUT2D eigenvalue weighted by molar-refractivity contribution is 0.416. The van der Waals surface area contributed by atoms with Crippen molar-refractivity contribution in [1.29, 1.82) is 0 Å². The average molecular weight is 292 g/mol. The third-order valence-electron chi connectivity index (χ3n) is 5.35. The van der Waals surface area contributed by atoms with Crippen molar-refractivity contribution >= 4 is 11.6 Å². The highest BCUT2D eigenvalue weighted by molar-refractivity contribution is 6.31. The molecule has 0 amide bonds. The van der Waals surface area contributed by atoms with Crippen LogP contribution in [0.5, 0.6) is 0 Å². The summed E-state index contributed by atoms with van der Waals surface area (Å²) in [5.41, 5.74) is 4.04. The van der Waals surface area contributed by atoms with Crippen LogP contribution in [0.25, 0.3) is 0 Å². The number of halogens is 1. The van der Waals surface area contributed by atoms with Gasteiger partial charge >= 0.3 is 0 Å². The smallest absolute Gasteiger partial charge is 0.0438 e. The van der Waals surface area contributed by atoms with Crippen LogP contribution in [-0.2, 0) is 0 Å². The first-order chi connectivity index (χ1) is 9.63. The molecule has 2 saturated carbocycles. The van der Waals surface area contributed by atoms with Gasteiger partial charge in [0, 0.05) is 11.1 Å². The molecule has 1 N–H and O–H groups in total.